The number of likely N-dealkylation sites (tertiary alicyclic amines) is 1. The van der Waals surface area contributed by atoms with Gasteiger partial charge in [-0.2, -0.15) is 0 Å². The summed E-state index contributed by atoms with van der Waals surface area (Å²) in [5.74, 6) is 1.30. The van der Waals surface area contributed by atoms with Gasteiger partial charge < -0.3 is 4.90 Å². The molecule has 3 aromatic heterocycles. The van der Waals surface area contributed by atoms with Crippen LogP contribution < -0.4 is 5.69 Å². The molecule has 4 heterocycles. The zero-order chi connectivity index (χ0) is 19.4. The van der Waals surface area contributed by atoms with E-state index in [-0.39, 0.29) is 18.1 Å². The van der Waals surface area contributed by atoms with E-state index in [0.717, 1.165) is 55.4 Å². The molecule has 1 fully saturated rings. The van der Waals surface area contributed by atoms with Gasteiger partial charge in [0.25, 0.3) is 0 Å². The van der Waals surface area contributed by atoms with Crippen molar-refractivity contribution in [1.29, 1.82) is 0 Å². The molecule has 1 saturated heterocycles. The minimum atomic E-state index is -0.267. The van der Waals surface area contributed by atoms with E-state index in [9.17, 15) is 9.59 Å². The summed E-state index contributed by atoms with van der Waals surface area (Å²) in [6.07, 6.45) is 6.47. The maximum atomic E-state index is 13.0. The number of fused-ring (bicyclic) bond motifs is 5. The summed E-state index contributed by atoms with van der Waals surface area (Å²) < 4.78 is 2.91. The Kier molecular flexibility index (Phi) is 4.26. The highest BCUT2D eigenvalue weighted by molar-refractivity contribution is 7.19. The third-order valence-corrected chi connectivity index (χ3v) is 7.29. The second-order valence-corrected chi connectivity index (χ2v) is 9.32. The zero-order valence-electron chi connectivity index (χ0n) is 16.4. The van der Waals surface area contributed by atoms with Crippen molar-refractivity contribution in [2.24, 2.45) is 5.92 Å². The molecule has 1 amide bonds. The molecule has 0 spiro atoms. The predicted octanol–water partition coefficient (Wildman–Crippen LogP) is 2.55. The highest BCUT2D eigenvalue weighted by atomic mass is 32.1. The minimum Gasteiger partial charge on any atom is -0.341 e. The molecule has 1 aliphatic carbocycles. The van der Waals surface area contributed by atoms with Gasteiger partial charge in [0, 0.05) is 18.0 Å². The summed E-state index contributed by atoms with van der Waals surface area (Å²) in [4.78, 5) is 34.6. The predicted molar refractivity (Wildman–Crippen MR) is 109 cm³/mol. The van der Waals surface area contributed by atoms with E-state index >= 15 is 0 Å². The molecule has 1 aliphatic heterocycles. The minimum absolute atomic E-state index is 0.00477. The van der Waals surface area contributed by atoms with Crippen LogP contribution in [0.4, 0.5) is 0 Å². The van der Waals surface area contributed by atoms with Gasteiger partial charge in [0.1, 0.15) is 17.2 Å². The number of hydrogen-bond donors (Lipinski definition) is 0. The average molecular weight is 400 g/mol. The number of aryl methyl sites for hydroxylation is 2. The van der Waals surface area contributed by atoms with Crippen LogP contribution in [0.2, 0.25) is 0 Å². The largest absolute Gasteiger partial charge is 0.352 e. The molecule has 7 nitrogen and oxygen atoms in total. The van der Waals surface area contributed by atoms with Crippen LogP contribution in [0, 0.1) is 12.8 Å². The van der Waals surface area contributed by atoms with Crippen molar-refractivity contribution in [3.8, 4) is 0 Å². The summed E-state index contributed by atoms with van der Waals surface area (Å²) in [6, 6.07) is 0. The van der Waals surface area contributed by atoms with Gasteiger partial charge in [-0.15, -0.1) is 16.4 Å². The molecule has 0 N–H and O–H groups in total. The Balaban J connectivity index is 1.61. The first kappa shape index (κ1) is 17.8. The van der Waals surface area contributed by atoms with Crippen LogP contribution in [0.3, 0.4) is 0 Å². The lowest BCUT2D eigenvalue weighted by molar-refractivity contribution is -0.133. The van der Waals surface area contributed by atoms with E-state index in [1.165, 1.54) is 21.5 Å². The molecule has 0 bridgehead atoms. The zero-order valence-corrected chi connectivity index (χ0v) is 17.2. The van der Waals surface area contributed by atoms with Crippen LogP contribution in [0.25, 0.3) is 15.9 Å². The molecule has 2 aliphatic rings. The summed E-state index contributed by atoms with van der Waals surface area (Å²) in [5, 5.41) is 5.63. The van der Waals surface area contributed by atoms with Gasteiger partial charge in [-0.3, -0.25) is 4.79 Å². The van der Waals surface area contributed by atoms with E-state index in [0.29, 0.717) is 17.4 Å². The van der Waals surface area contributed by atoms with Crippen LogP contribution in [0.1, 0.15) is 48.9 Å². The van der Waals surface area contributed by atoms with Gasteiger partial charge in [-0.1, -0.05) is 6.92 Å². The summed E-state index contributed by atoms with van der Waals surface area (Å²) in [5.41, 5.74) is 1.69. The highest BCUT2D eigenvalue weighted by Crippen LogP contribution is 2.38. The van der Waals surface area contributed by atoms with Crippen molar-refractivity contribution >= 4 is 33.1 Å². The fourth-order valence-electron chi connectivity index (χ4n) is 4.58. The second kappa shape index (κ2) is 6.69. The number of amides is 1. The Morgan fingerprint density at radius 2 is 2.04 bits per heavy atom. The quantitative estimate of drug-likeness (QED) is 0.664. The molecular weight excluding hydrogens is 374 g/mol. The van der Waals surface area contributed by atoms with Crippen molar-refractivity contribution in [1.82, 2.24) is 24.1 Å². The normalized spacial score (nSPS) is 20.1. The first-order chi connectivity index (χ1) is 13.5. The van der Waals surface area contributed by atoms with Crippen LogP contribution >= 0.6 is 11.3 Å². The number of carbonyl (C=O) groups excluding carboxylic acids is 1. The van der Waals surface area contributed by atoms with Gasteiger partial charge in [0.2, 0.25) is 5.91 Å². The van der Waals surface area contributed by atoms with E-state index in [4.69, 9.17) is 4.98 Å². The molecule has 1 atom stereocenters. The third kappa shape index (κ3) is 2.77. The van der Waals surface area contributed by atoms with Crippen LogP contribution in [-0.4, -0.2) is 43.1 Å². The third-order valence-electron chi connectivity index (χ3n) is 6.14. The van der Waals surface area contributed by atoms with E-state index in [1.807, 2.05) is 11.8 Å². The molecular formula is C20H25N5O2S. The fraction of sp³-hybridized carbons (Fsp3) is 0.600. The Bertz CT molecular complexity index is 1140. The number of hydrogen-bond acceptors (Lipinski definition) is 5. The molecule has 5 rings (SSSR count). The standard InChI is InChI=1S/C20H25N5O2S/c1-12-6-7-14-15(10-12)28-19-17(14)18-22-24(20(27)25(18)13(2)21-19)11-16(26)23-8-4-3-5-9-23/h12H,3-11H2,1-2H3. The van der Waals surface area contributed by atoms with E-state index in [2.05, 4.69) is 12.0 Å². The van der Waals surface area contributed by atoms with Gasteiger partial charge in [-0.25, -0.2) is 18.9 Å². The van der Waals surface area contributed by atoms with Crippen molar-refractivity contribution in [3.63, 3.8) is 0 Å². The first-order valence-corrected chi connectivity index (χ1v) is 11.0. The van der Waals surface area contributed by atoms with E-state index < -0.39 is 0 Å². The fourth-order valence-corrected chi connectivity index (χ4v) is 6.00. The van der Waals surface area contributed by atoms with Gasteiger partial charge in [0.15, 0.2) is 5.65 Å². The number of nitrogens with zero attached hydrogens (tertiary/aromatic N) is 5. The average Bonchev–Trinajstić information content (AvgIpc) is 3.19. The van der Waals surface area contributed by atoms with Gasteiger partial charge >= 0.3 is 5.69 Å². The van der Waals surface area contributed by atoms with E-state index in [1.54, 1.807) is 15.7 Å². The van der Waals surface area contributed by atoms with Crippen molar-refractivity contribution in [3.05, 3.63) is 26.7 Å². The molecule has 3 aromatic rings. The van der Waals surface area contributed by atoms with Gasteiger partial charge in [0.05, 0.1) is 5.39 Å². The molecule has 0 saturated carbocycles. The number of piperidine rings is 1. The number of thiophene rings is 1. The Hall–Kier alpha value is -2.22. The van der Waals surface area contributed by atoms with Gasteiger partial charge in [-0.05, 0) is 56.9 Å². The first-order valence-electron chi connectivity index (χ1n) is 10.2. The highest BCUT2D eigenvalue weighted by Gasteiger charge is 2.26. The number of carbonyl (C=O) groups is 1. The molecule has 28 heavy (non-hydrogen) atoms. The lowest BCUT2D eigenvalue weighted by Crippen LogP contribution is -2.39. The maximum Gasteiger partial charge on any atom is 0.352 e. The number of rotatable bonds is 2. The Morgan fingerprint density at radius 3 is 2.82 bits per heavy atom. The molecule has 0 radical (unpaired) electrons. The smallest absolute Gasteiger partial charge is 0.341 e. The summed E-state index contributed by atoms with van der Waals surface area (Å²) in [7, 11) is 0. The summed E-state index contributed by atoms with van der Waals surface area (Å²) >= 11 is 1.73. The topological polar surface area (TPSA) is 72.5 Å². The number of aromatic nitrogens is 4. The van der Waals surface area contributed by atoms with Crippen molar-refractivity contribution < 1.29 is 4.79 Å². The molecule has 8 heteroatoms. The van der Waals surface area contributed by atoms with Crippen LogP contribution in [0.15, 0.2) is 4.79 Å². The monoisotopic (exact) mass is 399 g/mol. The Labute approximate surface area is 167 Å². The van der Waals surface area contributed by atoms with Crippen molar-refractivity contribution in [2.45, 2.75) is 58.9 Å². The van der Waals surface area contributed by atoms with Crippen LogP contribution in [-0.2, 0) is 24.2 Å². The Morgan fingerprint density at radius 1 is 1.25 bits per heavy atom. The SMILES string of the molecule is Cc1nc2sc3c(c2c2nn(CC(=O)N4CCCCC4)c(=O)n12)CCC(C)C3. The van der Waals surface area contributed by atoms with Crippen LogP contribution in [0.5, 0.6) is 0 Å². The molecule has 148 valence electrons. The van der Waals surface area contributed by atoms with Crippen molar-refractivity contribution in [2.75, 3.05) is 13.1 Å². The lowest BCUT2D eigenvalue weighted by Gasteiger charge is -2.26. The lowest BCUT2D eigenvalue weighted by atomic mass is 9.89. The summed E-state index contributed by atoms with van der Waals surface area (Å²) in [6.45, 7) is 5.69. The molecule has 1 unspecified atom stereocenters. The maximum absolute atomic E-state index is 13.0. The second-order valence-electron chi connectivity index (χ2n) is 8.23. The molecule has 0 aromatic carbocycles.